The van der Waals surface area contributed by atoms with E-state index in [9.17, 15) is 4.79 Å². The van der Waals surface area contributed by atoms with Crippen molar-refractivity contribution in [2.75, 3.05) is 11.4 Å². The van der Waals surface area contributed by atoms with E-state index in [1.807, 2.05) is 19.9 Å². The Morgan fingerprint density at radius 2 is 2.25 bits per heavy atom. The first-order valence-corrected chi connectivity index (χ1v) is 6.67. The van der Waals surface area contributed by atoms with Crippen molar-refractivity contribution in [1.82, 2.24) is 0 Å². The van der Waals surface area contributed by atoms with E-state index in [0.29, 0.717) is 18.0 Å². The summed E-state index contributed by atoms with van der Waals surface area (Å²) in [7, 11) is 0. The molecule has 4 nitrogen and oxygen atoms in total. The number of nitrogens with zero attached hydrogens (tertiary/aromatic N) is 2. The van der Waals surface area contributed by atoms with Gasteiger partial charge >= 0.3 is 5.97 Å². The topological polar surface area (TPSA) is 64.3 Å². The van der Waals surface area contributed by atoms with Crippen LogP contribution in [-0.2, 0) is 4.79 Å². The summed E-state index contributed by atoms with van der Waals surface area (Å²) in [6, 6.07) is 7.65. The molecule has 0 heterocycles. The van der Waals surface area contributed by atoms with Gasteiger partial charge in [-0.05, 0) is 43.7 Å². The zero-order valence-corrected chi connectivity index (χ0v) is 12.3. The van der Waals surface area contributed by atoms with E-state index in [0.717, 1.165) is 17.3 Å². The van der Waals surface area contributed by atoms with Crippen molar-refractivity contribution in [3.8, 4) is 6.07 Å². The number of anilines is 1. The first kappa shape index (κ1) is 16.1. The number of aliphatic carboxylic acids is 1. The maximum absolute atomic E-state index is 10.7. The molecule has 0 saturated carbocycles. The molecule has 0 fully saturated rings. The standard InChI is InChI=1S/C15H17ClN2O2/c1-11(2)18(9-3-8-17)14-6-5-13(16)10-12(14)4-7-15(19)20/h4-7,10-11H,3,9H2,1-2H3,(H,19,20)/b7-4+. The normalized spacial score (nSPS) is 10.8. The maximum Gasteiger partial charge on any atom is 0.328 e. The van der Waals surface area contributed by atoms with Gasteiger partial charge in [-0.15, -0.1) is 0 Å². The van der Waals surface area contributed by atoms with Gasteiger partial charge in [-0.3, -0.25) is 0 Å². The SMILES string of the molecule is CC(C)N(CCC#N)c1ccc(Cl)cc1/C=C/C(=O)O. The zero-order valence-electron chi connectivity index (χ0n) is 11.5. The summed E-state index contributed by atoms with van der Waals surface area (Å²) in [5.41, 5.74) is 1.60. The maximum atomic E-state index is 10.7. The quantitative estimate of drug-likeness (QED) is 0.814. The Bertz CT molecular complexity index is 547. The Morgan fingerprint density at radius 1 is 1.55 bits per heavy atom. The van der Waals surface area contributed by atoms with Crippen LogP contribution in [-0.4, -0.2) is 23.7 Å². The van der Waals surface area contributed by atoms with Gasteiger partial charge in [-0.1, -0.05) is 11.6 Å². The highest BCUT2D eigenvalue weighted by molar-refractivity contribution is 6.30. The summed E-state index contributed by atoms with van der Waals surface area (Å²) < 4.78 is 0. The van der Waals surface area contributed by atoms with E-state index < -0.39 is 5.97 Å². The monoisotopic (exact) mass is 292 g/mol. The van der Waals surface area contributed by atoms with Gasteiger partial charge in [0, 0.05) is 29.4 Å². The minimum atomic E-state index is -1.01. The third-order valence-corrected chi connectivity index (χ3v) is 3.03. The van der Waals surface area contributed by atoms with E-state index in [-0.39, 0.29) is 6.04 Å². The fourth-order valence-corrected chi connectivity index (χ4v) is 2.09. The molecule has 0 radical (unpaired) electrons. The number of carboxylic acids is 1. The summed E-state index contributed by atoms with van der Waals surface area (Å²) in [6.45, 7) is 4.64. The van der Waals surface area contributed by atoms with E-state index >= 15 is 0 Å². The predicted molar refractivity (Wildman–Crippen MR) is 80.8 cm³/mol. The number of hydrogen-bond donors (Lipinski definition) is 1. The van der Waals surface area contributed by atoms with E-state index in [4.69, 9.17) is 22.0 Å². The summed E-state index contributed by atoms with van der Waals surface area (Å²) in [4.78, 5) is 12.7. The number of hydrogen-bond acceptors (Lipinski definition) is 3. The summed E-state index contributed by atoms with van der Waals surface area (Å²) in [6.07, 6.45) is 3.01. The lowest BCUT2D eigenvalue weighted by molar-refractivity contribution is -0.131. The van der Waals surface area contributed by atoms with Gasteiger partial charge in [0.15, 0.2) is 0 Å². The second-order valence-electron chi connectivity index (χ2n) is 4.57. The lowest BCUT2D eigenvalue weighted by Gasteiger charge is -2.29. The molecule has 0 aromatic heterocycles. The van der Waals surface area contributed by atoms with E-state index in [1.54, 1.807) is 12.1 Å². The van der Waals surface area contributed by atoms with E-state index in [1.165, 1.54) is 6.08 Å². The molecule has 0 aliphatic rings. The van der Waals surface area contributed by atoms with Crippen LogP contribution in [0.4, 0.5) is 5.69 Å². The second kappa shape index (κ2) is 7.56. The van der Waals surface area contributed by atoms with Gasteiger partial charge in [-0.2, -0.15) is 5.26 Å². The van der Waals surface area contributed by atoms with Crippen molar-refractivity contribution in [3.05, 3.63) is 34.9 Å². The molecule has 0 atom stereocenters. The van der Waals surface area contributed by atoms with Crippen LogP contribution in [0, 0.1) is 11.3 Å². The summed E-state index contributed by atoms with van der Waals surface area (Å²) >= 11 is 5.97. The smallest absolute Gasteiger partial charge is 0.328 e. The highest BCUT2D eigenvalue weighted by Gasteiger charge is 2.13. The molecule has 0 saturated heterocycles. The average Bonchev–Trinajstić information content (AvgIpc) is 2.38. The van der Waals surface area contributed by atoms with Crippen LogP contribution in [0.5, 0.6) is 0 Å². The molecule has 0 bridgehead atoms. The van der Waals surface area contributed by atoms with Crippen molar-refractivity contribution < 1.29 is 9.90 Å². The number of benzene rings is 1. The van der Waals surface area contributed by atoms with Gasteiger partial charge in [0.1, 0.15) is 0 Å². The van der Waals surface area contributed by atoms with Gasteiger partial charge < -0.3 is 10.0 Å². The minimum absolute atomic E-state index is 0.196. The molecule has 1 rings (SSSR count). The highest BCUT2D eigenvalue weighted by atomic mass is 35.5. The lowest BCUT2D eigenvalue weighted by Crippen LogP contribution is -2.32. The zero-order chi connectivity index (χ0) is 15.1. The van der Waals surface area contributed by atoms with Crippen LogP contribution >= 0.6 is 11.6 Å². The fourth-order valence-electron chi connectivity index (χ4n) is 1.91. The molecule has 1 N–H and O–H groups in total. The first-order chi connectivity index (χ1) is 9.45. The van der Waals surface area contributed by atoms with Crippen molar-refractivity contribution in [3.63, 3.8) is 0 Å². The van der Waals surface area contributed by atoms with Crippen LogP contribution in [0.15, 0.2) is 24.3 Å². The first-order valence-electron chi connectivity index (χ1n) is 6.30. The second-order valence-corrected chi connectivity index (χ2v) is 5.01. The summed E-state index contributed by atoms with van der Waals surface area (Å²) in [5, 5.41) is 18.0. The number of carboxylic acid groups (broad SMARTS) is 1. The molecule has 0 aliphatic carbocycles. The molecule has 20 heavy (non-hydrogen) atoms. The molecule has 0 amide bonds. The van der Waals surface area contributed by atoms with Gasteiger partial charge in [-0.25, -0.2) is 4.79 Å². The number of rotatable bonds is 6. The third kappa shape index (κ3) is 4.60. The van der Waals surface area contributed by atoms with Crippen LogP contribution < -0.4 is 4.90 Å². The molecule has 106 valence electrons. The van der Waals surface area contributed by atoms with Crippen LogP contribution in [0.3, 0.4) is 0 Å². The van der Waals surface area contributed by atoms with E-state index in [2.05, 4.69) is 11.0 Å². The molecule has 1 aromatic carbocycles. The lowest BCUT2D eigenvalue weighted by atomic mass is 10.1. The Balaban J connectivity index is 3.19. The molecular formula is C15H17ClN2O2. The van der Waals surface area contributed by atoms with Gasteiger partial charge in [0.25, 0.3) is 0 Å². The minimum Gasteiger partial charge on any atom is -0.478 e. The Labute approximate surface area is 123 Å². The molecule has 5 heteroatoms. The van der Waals surface area contributed by atoms with Gasteiger partial charge in [0.2, 0.25) is 0 Å². The highest BCUT2D eigenvalue weighted by Crippen LogP contribution is 2.27. The van der Waals surface area contributed by atoms with Crippen LogP contribution in [0.2, 0.25) is 5.02 Å². The van der Waals surface area contributed by atoms with Crippen molar-refractivity contribution in [2.45, 2.75) is 26.3 Å². The Kier molecular flexibility index (Phi) is 6.08. The molecule has 0 unspecified atom stereocenters. The van der Waals surface area contributed by atoms with Crippen molar-refractivity contribution in [1.29, 1.82) is 5.26 Å². The average molecular weight is 293 g/mol. The largest absolute Gasteiger partial charge is 0.478 e. The Morgan fingerprint density at radius 3 is 2.80 bits per heavy atom. The third-order valence-electron chi connectivity index (χ3n) is 2.79. The molecule has 1 aromatic rings. The fraction of sp³-hybridized carbons (Fsp3) is 0.333. The van der Waals surface area contributed by atoms with Crippen molar-refractivity contribution >= 4 is 29.3 Å². The number of nitriles is 1. The molecule has 0 aliphatic heterocycles. The van der Waals surface area contributed by atoms with Crippen molar-refractivity contribution in [2.24, 2.45) is 0 Å². The predicted octanol–water partition coefficient (Wildman–Crippen LogP) is 3.57. The molecular weight excluding hydrogens is 276 g/mol. The Hall–Kier alpha value is -1.99. The number of carbonyl (C=O) groups is 1. The number of halogens is 1. The van der Waals surface area contributed by atoms with Crippen LogP contribution in [0.1, 0.15) is 25.8 Å². The van der Waals surface area contributed by atoms with Crippen LogP contribution in [0.25, 0.3) is 6.08 Å². The molecule has 0 spiro atoms. The van der Waals surface area contributed by atoms with Gasteiger partial charge in [0.05, 0.1) is 12.5 Å². The summed E-state index contributed by atoms with van der Waals surface area (Å²) in [5.74, 6) is -1.01.